The van der Waals surface area contributed by atoms with Crippen molar-refractivity contribution in [3.05, 3.63) is 35.6 Å². The van der Waals surface area contributed by atoms with Gasteiger partial charge in [0.15, 0.2) is 0 Å². The number of carboxylic acids is 1. The third-order valence-corrected chi connectivity index (χ3v) is 1.41. The zero-order valence-corrected chi connectivity index (χ0v) is 6.03. The molecule has 1 rings (SSSR count). The molecule has 0 aliphatic rings. The molecular weight excluding hydrogens is 163 g/mol. The lowest BCUT2D eigenvalue weighted by Crippen LogP contribution is -2.29. The van der Waals surface area contributed by atoms with E-state index in [1.165, 1.54) is 12.1 Å². The van der Waals surface area contributed by atoms with Gasteiger partial charge in [0.2, 0.25) is 0 Å². The van der Waals surface area contributed by atoms with E-state index in [1.807, 2.05) is 0 Å². The lowest BCUT2D eigenvalue weighted by atomic mass is 10.1. The van der Waals surface area contributed by atoms with Crippen LogP contribution in [0.3, 0.4) is 0 Å². The Kier molecular flexibility index (Phi) is 2.40. The number of aliphatic hydroxyl groups excluding tert-OH is 1. The average molecular weight is 169 g/mol. The Morgan fingerprint density at radius 3 is 2.33 bits per heavy atom. The van der Waals surface area contributed by atoms with Crippen LogP contribution in [0, 0.1) is 5.82 Å². The van der Waals surface area contributed by atoms with Crippen LogP contribution in [0.1, 0.15) is 11.7 Å². The number of carbonyl (C=O) groups is 1. The van der Waals surface area contributed by atoms with Gasteiger partial charge in [-0.2, -0.15) is 0 Å². The number of carboxylic acid groups (broad SMARTS) is 1. The largest absolute Gasteiger partial charge is 0.547 e. The predicted octanol–water partition coefficient (Wildman–Crippen LogP) is -0.391. The summed E-state index contributed by atoms with van der Waals surface area (Å²) in [6, 6.07) is 4.52. The second-order valence-electron chi connectivity index (χ2n) is 2.27. The van der Waals surface area contributed by atoms with Crippen LogP contribution in [0.25, 0.3) is 0 Å². The fourth-order valence-corrected chi connectivity index (χ4v) is 0.781. The zero-order chi connectivity index (χ0) is 9.14. The molecule has 64 valence electrons. The molecule has 0 saturated heterocycles. The van der Waals surface area contributed by atoms with Crippen LogP contribution in [0.5, 0.6) is 0 Å². The van der Waals surface area contributed by atoms with Gasteiger partial charge in [-0.05, 0) is 17.7 Å². The predicted molar refractivity (Wildman–Crippen MR) is 36.4 cm³/mol. The fraction of sp³-hybridized carbons (Fsp3) is 0.125. The van der Waals surface area contributed by atoms with Crippen molar-refractivity contribution in [1.82, 2.24) is 0 Å². The molecule has 0 aromatic heterocycles. The minimum absolute atomic E-state index is 0.108. The molecule has 3 nitrogen and oxygen atoms in total. The van der Waals surface area contributed by atoms with Crippen molar-refractivity contribution in [2.45, 2.75) is 6.10 Å². The molecule has 0 heterocycles. The van der Waals surface area contributed by atoms with Crippen LogP contribution in [0.15, 0.2) is 24.3 Å². The molecule has 0 bridgehead atoms. The highest BCUT2D eigenvalue weighted by Crippen LogP contribution is 2.11. The first-order chi connectivity index (χ1) is 5.61. The van der Waals surface area contributed by atoms with Gasteiger partial charge in [0.05, 0.1) is 5.97 Å². The van der Waals surface area contributed by atoms with Crippen molar-refractivity contribution in [3.63, 3.8) is 0 Å². The van der Waals surface area contributed by atoms with Gasteiger partial charge in [-0.3, -0.25) is 0 Å². The lowest BCUT2D eigenvalue weighted by Gasteiger charge is -2.10. The van der Waals surface area contributed by atoms with Crippen molar-refractivity contribution in [3.8, 4) is 0 Å². The van der Waals surface area contributed by atoms with Crippen molar-refractivity contribution in [1.29, 1.82) is 0 Å². The number of benzene rings is 1. The highest BCUT2D eigenvalue weighted by molar-refractivity contribution is 5.71. The molecule has 0 aliphatic carbocycles. The molecule has 0 unspecified atom stereocenters. The van der Waals surface area contributed by atoms with Crippen LogP contribution in [0.2, 0.25) is 0 Å². The topological polar surface area (TPSA) is 60.4 Å². The molecule has 0 spiro atoms. The Balaban J connectivity index is 2.89. The number of rotatable bonds is 2. The van der Waals surface area contributed by atoms with Crippen LogP contribution in [-0.2, 0) is 4.79 Å². The van der Waals surface area contributed by atoms with E-state index in [2.05, 4.69) is 0 Å². The molecule has 1 atom stereocenters. The first-order valence-electron chi connectivity index (χ1n) is 3.25. The normalized spacial score (nSPS) is 12.5. The number of carbonyl (C=O) groups excluding carboxylic acids is 1. The molecule has 1 aromatic rings. The van der Waals surface area contributed by atoms with Gasteiger partial charge in [0.1, 0.15) is 11.9 Å². The molecule has 0 saturated carbocycles. The van der Waals surface area contributed by atoms with Crippen LogP contribution >= 0.6 is 0 Å². The van der Waals surface area contributed by atoms with E-state index in [1.54, 1.807) is 0 Å². The minimum atomic E-state index is -1.69. The van der Waals surface area contributed by atoms with Crippen molar-refractivity contribution in [2.75, 3.05) is 0 Å². The fourth-order valence-electron chi connectivity index (χ4n) is 0.781. The van der Waals surface area contributed by atoms with Gasteiger partial charge in [-0.15, -0.1) is 0 Å². The first kappa shape index (κ1) is 8.67. The van der Waals surface area contributed by atoms with Crippen LogP contribution in [-0.4, -0.2) is 11.1 Å². The average Bonchev–Trinajstić information content (AvgIpc) is 2.04. The molecule has 0 amide bonds. The zero-order valence-electron chi connectivity index (χ0n) is 6.03. The second kappa shape index (κ2) is 3.32. The number of aliphatic hydroxyl groups is 1. The minimum Gasteiger partial charge on any atom is -0.547 e. The summed E-state index contributed by atoms with van der Waals surface area (Å²) in [7, 11) is 0. The van der Waals surface area contributed by atoms with Gasteiger partial charge in [-0.25, -0.2) is 4.39 Å². The number of hydrogen-bond donors (Lipinski definition) is 1. The standard InChI is InChI=1S/C8H7FO3/c9-6-3-1-5(2-4-6)7(10)8(11)12/h1-4,7,10H,(H,11,12)/p-1/t7-/m0/s1. The molecule has 0 fully saturated rings. The van der Waals surface area contributed by atoms with Gasteiger partial charge in [-0.1, -0.05) is 12.1 Å². The third kappa shape index (κ3) is 1.79. The number of halogens is 1. The summed E-state index contributed by atoms with van der Waals surface area (Å²) in [6.07, 6.45) is -1.69. The maximum absolute atomic E-state index is 12.3. The van der Waals surface area contributed by atoms with E-state index in [0.717, 1.165) is 12.1 Å². The maximum atomic E-state index is 12.3. The molecule has 1 N–H and O–H groups in total. The summed E-state index contributed by atoms with van der Waals surface area (Å²) in [5.41, 5.74) is 0.108. The lowest BCUT2D eigenvalue weighted by molar-refractivity contribution is -0.315. The van der Waals surface area contributed by atoms with Crippen LogP contribution in [0.4, 0.5) is 4.39 Å². The van der Waals surface area contributed by atoms with Gasteiger partial charge >= 0.3 is 0 Å². The Bertz CT molecular complexity index is 281. The molecular formula is C8H6FO3-. The highest BCUT2D eigenvalue weighted by Gasteiger charge is 2.07. The summed E-state index contributed by atoms with van der Waals surface area (Å²) in [4.78, 5) is 10.1. The van der Waals surface area contributed by atoms with E-state index in [0.29, 0.717) is 0 Å². The molecule has 0 radical (unpaired) electrons. The molecule has 4 heteroatoms. The summed E-state index contributed by atoms with van der Waals surface area (Å²) in [5, 5.41) is 19.0. The third-order valence-electron chi connectivity index (χ3n) is 1.41. The molecule has 12 heavy (non-hydrogen) atoms. The Morgan fingerprint density at radius 1 is 1.42 bits per heavy atom. The first-order valence-corrected chi connectivity index (χ1v) is 3.25. The van der Waals surface area contributed by atoms with Gasteiger partial charge < -0.3 is 15.0 Å². The second-order valence-corrected chi connectivity index (χ2v) is 2.27. The van der Waals surface area contributed by atoms with E-state index >= 15 is 0 Å². The van der Waals surface area contributed by atoms with E-state index in [9.17, 15) is 14.3 Å². The SMILES string of the molecule is O=C([O-])[C@@H](O)c1ccc(F)cc1. The van der Waals surface area contributed by atoms with Crippen molar-refractivity contribution in [2.24, 2.45) is 0 Å². The smallest absolute Gasteiger partial charge is 0.123 e. The summed E-state index contributed by atoms with van der Waals surface area (Å²) in [6.45, 7) is 0. The van der Waals surface area contributed by atoms with Gasteiger partial charge in [0.25, 0.3) is 0 Å². The van der Waals surface area contributed by atoms with Crippen molar-refractivity contribution < 1.29 is 19.4 Å². The monoisotopic (exact) mass is 169 g/mol. The summed E-state index contributed by atoms with van der Waals surface area (Å²) < 4.78 is 12.3. The quantitative estimate of drug-likeness (QED) is 0.655. The Hall–Kier alpha value is -1.42. The summed E-state index contributed by atoms with van der Waals surface area (Å²) >= 11 is 0. The Labute approximate surface area is 68.1 Å². The van der Waals surface area contributed by atoms with E-state index < -0.39 is 17.9 Å². The van der Waals surface area contributed by atoms with Crippen molar-refractivity contribution >= 4 is 5.97 Å². The van der Waals surface area contributed by atoms with Crippen LogP contribution < -0.4 is 5.11 Å². The van der Waals surface area contributed by atoms with E-state index in [4.69, 9.17) is 5.11 Å². The maximum Gasteiger partial charge on any atom is 0.123 e. The number of aliphatic carboxylic acids is 1. The highest BCUT2D eigenvalue weighted by atomic mass is 19.1. The molecule has 1 aromatic carbocycles. The van der Waals surface area contributed by atoms with Gasteiger partial charge in [0, 0.05) is 0 Å². The van der Waals surface area contributed by atoms with E-state index in [-0.39, 0.29) is 5.56 Å². The Morgan fingerprint density at radius 2 is 1.92 bits per heavy atom. The molecule has 0 aliphatic heterocycles. The number of hydrogen-bond acceptors (Lipinski definition) is 3. The summed E-state index contributed by atoms with van der Waals surface area (Å²) in [5.74, 6) is -2.08.